The Balaban J connectivity index is 1.18. The molecule has 0 radical (unpaired) electrons. The summed E-state index contributed by atoms with van der Waals surface area (Å²) in [5.41, 5.74) is 9.88. The van der Waals surface area contributed by atoms with Crippen molar-refractivity contribution >= 4 is 28.3 Å². The second-order valence-corrected chi connectivity index (χ2v) is 9.35. The Morgan fingerprint density at radius 1 is 1.23 bits per heavy atom. The molecular weight excluding hydrogens is 442 g/mol. The molecule has 1 saturated heterocycles. The topological polar surface area (TPSA) is 121 Å². The SMILES string of the molecule is Cc1ccncc1-c1cc2cc(NC(=O)[C@@H]3C[C@H]3c3ccn(C4CCCCO4)n3)ncc2c(N)n1. The lowest BCUT2D eigenvalue weighted by Crippen LogP contribution is -2.18. The highest BCUT2D eigenvalue weighted by atomic mass is 16.5. The van der Waals surface area contributed by atoms with Crippen molar-refractivity contribution in [3.05, 3.63) is 60.3 Å². The standard InChI is InChI=1S/C26H27N7O2/c1-15-5-7-28-13-19(15)22-10-16-11-23(29-14-20(16)25(27)30-22)31-26(34)18-12-17(18)21-6-8-33(32-21)24-4-2-3-9-35-24/h5-8,10-11,13-14,17-18,24H,2-4,9,12H2,1H3,(H2,27,30)(H,29,31,34)/t17-,18-,24?/m1/s1. The Bertz CT molecular complexity index is 1410. The summed E-state index contributed by atoms with van der Waals surface area (Å²) in [6.45, 7) is 2.78. The minimum absolute atomic E-state index is 0.00704. The quantitative estimate of drug-likeness (QED) is 0.449. The third-order valence-corrected chi connectivity index (χ3v) is 6.90. The van der Waals surface area contributed by atoms with Crippen LogP contribution in [-0.2, 0) is 9.53 Å². The summed E-state index contributed by atoms with van der Waals surface area (Å²) in [5.74, 6) is 0.856. The number of nitrogens with two attached hydrogens (primary N) is 1. The van der Waals surface area contributed by atoms with Gasteiger partial charge in [-0.25, -0.2) is 14.6 Å². The lowest BCUT2D eigenvalue weighted by atomic mass is 10.1. The molecule has 1 aliphatic carbocycles. The van der Waals surface area contributed by atoms with E-state index < -0.39 is 0 Å². The number of fused-ring (bicyclic) bond motifs is 1. The zero-order chi connectivity index (χ0) is 23.9. The maximum Gasteiger partial charge on any atom is 0.229 e. The van der Waals surface area contributed by atoms with Gasteiger partial charge in [0.25, 0.3) is 0 Å². The first-order valence-electron chi connectivity index (χ1n) is 12.0. The van der Waals surface area contributed by atoms with Crippen molar-refractivity contribution in [1.29, 1.82) is 0 Å². The predicted molar refractivity (Wildman–Crippen MR) is 132 cm³/mol. The molecule has 4 aromatic heterocycles. The molecule has 3 N–H and O–H groups in total. The number of nitrogens with zero attached hydrogens (tertiary/aromatic N) is 5. The predicted octanol–water partition coefficient (Wildman–Crippen LogP) is 4.22. The van der Waals surface area contributed by atoms with E-state index in [-0.39, 0.29) is 24.0 Å². The molecule has 0 bridgehead atoms. The molecule has 1 unspecified atom stereocenters. The van der Waals surface area contributed by atoms with Crippen LogP contribution in [-0.4, -0.2) is 37.2 Å². The summed E-state index contributed by atoms with van der Waals surface area (Å²) in [6, 6.07) is 7.73. The van der Waals surface area contributed by atoms with E-state index in [4.69, 9.17) is 15.6 Å². The number of carbonyl (C=O) groups is 1. The van der Waals surface area contributed by atoms with Gasteiger partial charge in [0.1, 0.15) is 17.9 Å². The molecule has 178 valence electrons. The van der Waals surface area contributed by atoms with E-state index in [1.54, 1.807) is 18.6 Å². The molecule has 1 amide bonds. The number of aryl methyl sites for hydroxylation is 1. The van der Waals surface area contributed by atoms with Crippen LogP contribution in [0.3, 0.4) is 0 Å². The molecule has 6 rings (SSSR count). The Labute approximate surface area is 202 Å². The first kappa shape index (κ1) is 21.7. The van der Waals surface area contributed by atoms with Crippen molar-refractivity contribution in [1.82, 2.24) is 24.7 Å². The summed E-state index contributed by atoms with van der Waals surface area (Å²) < 4.78 is 7.71. The summed E-state index contributed by atoms with van der Waals surface area (Å²) in [7, 11) is 0. The third kappa shape index (κ3) is 4.23. The molecular formula is C26H27N7O2. The highest BCUT2D eigenvalue weighted by Gasteiger charge is 2.45. The van der Waals surface area contributed by atoms with E-state index in [0.29, 0.717) is 11.6 Å². The second kappa shape index (κ2) is 8.74. The fourth-order valence-corrected chi connectivity index (χ4v) is 4.79. The number of nitrogen functional groups attached to an aromatic ring is 1. The molecule has 9 heteroatoms. The maximum atomic E-state index is 12.9. The van der Waals surface area contributed by atoms with Gasteiger partial charge in [0, 0.05) is 54.2 Å². The summed E-state index contributed by atoms with van der Waals surface area (Å²) in [6.07, 6.45) is 11.2. The van der Waals surface area contributed by atoms with Gasteiger partial charge >= 0.3 is 0 Å². The van der Waals surface area contributed by atoms with E-state index >= 15 is 0 Å². The van der Waals surface area contributed by atoms with Crippen molar-refractivity contribution in [3.63, 3.8) is 0 Å². The van der Waals surface area contributed by atoms with E-state index in [9.17, 15) is 4.79 Å². The van der Waals surface area contributed by atoms with Crippen molar-refractivity contribution < 1.29 is 9.53 Å². The molecule has 0 aromatic carbocycles. The van der Waals surface area contributed by atoms with Gasteiger partial charge in [0.05, 0.1) is 11.4 Å². The summed E-state index contributed by atoms with van der Waals surface area (Å²) in [4.78, 5) is 26.1. The van der Waals surface area contributed by atoms with E-state index in [2.05, 4.69) is 20.3 Å². The number of hydrogen-bond acceptors (Lipinski definition) is 7. The lowest BCUT2D eigenvalue weighted by Gasteiger charge is -2.22. The van der Waals surface area contributed by atoms with Crippen molar-refractivity contribution in [3.8, 4) is 11.3 Å². The van der Waals surface area contributed by atoms with Gasteiger partial charge in [-0.05, 0) is 67.8 Å². The largest absolute Gasteiger partial charge is 0.383 e. The number of aromatic nitrogens is 5. The minimum Gasteiger partial charge on any atom is -0.383 e. The second-order valence-electron chi connectivity index (χ2n) is 9.35. The Morgan fingerprint density at radius 2 is 2.14 bits per heavy atom. The molecule has 5 heterocycles. The van der Waals surface area contributed by atoms with Crippen molar-refractivity contribution in [2.24, 2.45) is 5.92 Å². The van der Waals surface area contributed by atoms with Crippen molar-refractivity contribution in [2.75, 3.05) is 17.7 Å². The van der Waals surface area contributed by atoms with Crippen LogP contribution in [0.5, 0.6) is 0 Å². The molecule has 9 nitrogen and oxygen atoms in total. The zero-order valence-corrected chi connectivity index (χ0v) is 19.5. The number of hydrogen-bond donors (Lipinski definition) is 2. The Morgan fingerprint density at radius 3 is 2.97 bits per heavy atom. The highest BCUT2D eigenvalue weighted by Crippen LogP contribution is 2.47. The van der Waals surface area contributed by atoms with Crippen molar-refractivity contribution in [2.45, 2.75) is 44.8 Å². The highest BCUT2D eigenvalue weighted by molar-refractivity contribution is 5.98. The summed E-state index contributed by atoms with van der Waals surface area (Å²) in [5, 5.41) is 9.28. The monoisotopic (exact) mass is 469 g/mol. The summed E-state index contributed by atoms with van der Waals surface area (Å²) >= 11 is 0. The molecule has 4 aromatic rings. The first-order chi connectivity index (χ1) is 17.1. The van der Waals surface area contributed by atoms with Gasteiger partial charge in [-0.1, -0.05) is 0 Å². The normalized spacial score (nSPS) is 21.7. The van der Waals surface area contributed by atoms with Gasteiger partial charge in [-0.2, -0.15) is 5.10 Å². The maximum absolute atomic E-state index is 12.9. The number of pyridine rings is 3. The van der Waals surface area contributed by atoms with Crippen LogP contribution >= 0.6 is 0 Å². The van der Waals surface area contributed by atoms with Gasteiger partial charge in [-0.3, -0.25) is 9.78 Å². The molecule has 2 fully saturated rings. The Hall–Kier alpha value is -3.85. The van der Waals surface area contributed by atoms with Crippen LogP contribution in [0.15, 0.2) is 49.1 Å². The van der Waals surface area contributed by atoms with Crippen LogP contribution < -0.4 is 11.1 Å². The van der Waals surface area contributed by atoms with Crippen LogP contribution in [0.1, 0.15) is 49.1 Å². The number of amides is 1. The number of rotatable bonds is 5. The lowest BCUT2D eigenvalue weighted by molar-refractivity contribution is -0.117. The van der Waals surface area contributed by atoms with Crippen LogP contribution in [0, 0.1) is 12.8 Å². The van der Waals surface area contributed by atoms with Gasteiger partial charge in [0.2, 0.25) is 5.91 Å². The number of carbonyl (C=O) groups excluding carboxylic acids is 1. The average Bonchev–Trinajstić information content (AvgIpc) is 3.53. The van der Waals surface area contributed by atoms with E-state index in [0.717, 1.165) is 65.6 Å². The fraction of sp³-hybridized carbons (Fsp3) is 0.346. The van der Waals surface area contributed by atoms with Gasteiger partial charge in [-0.15, -0.1) is 0 Å². The van der Waals surface area contributed by atoms with Crippen LogP contribution in [0.4, 0.5) is 11.6 Å². The molecule has 1 aliphatic heterocycles. The average molecular weight is 470 g/mol. The van der Waals surface area contributed by atoms with Gasteiger partial charge < -0.3 is 15.8 Å². The fourth-order valence-electron chi connectivity index (χ4n) is 4.79. The molecule has 1 saturated carbocycles. The molecule has 2 aliphatic rings. The van der Waals surface area contributed by atoms with E-state index in [1.165, 1.54) is 0 Å². The smallest absolute Gasteiger partial charge is 0.229 e. The minimum atomic E-state index is -0.112. The van der Waals surface area contributed by atoms with Gasteiger partial charge in [0.15, 0.2) is 0 Å². The molecule has 3 atom stereocenters. The Kier molecular flexibility index (Phi) is 5.41. The third-order valence-electron chi connectivity index (χ3n) is 6.90. The van der Waals surface area contributed by atoms with Crippen LogP contribution in [0.25, 0.3) is 22.0 Å². The first-order valence-corrected chi connectivity index (χ1v) is 12.0. The number of anilines is 2. The number of nitrogens with one attached hydrogen (secondary N) is 1. The molecule has 0 spiro atoms. The van der Waals surface area contributed by atoms with Crippen LogP contribution in [0.2, 0.25) is 0 Å². The number of ether oxygens (including phenoxy) is 1. The molecule has 35 heavy (non-hydrogen) atoms. The zero-order valence-electron chi connectivity index (χ0n) is 19.5. The van der Waals surface area contributed by atoms with E-state index in [1.807, 2.05) is 42.1 Å².